The summed E-state index contributed by atoms with van der Waals surface area (Å²) in [5.74, 6) is -0.271. The molecule has 0 unspecified atom stereocenters. The van der Waals surface area contributed by atoms with E-state index >= 15 is 0 Å². The first-order valence-electron chi connectivity index (χ1n) is 11.1. The summed E-state index contributed by atoms with van der Waals surface area (Å²) in [7, 11) is 0. The fraction of sp³-hybridized carbons (Fsp3) is 0.0370. The van der Waals surface area contributed by atoms with Gasteiger partial charge in [-0.3, -0.25) is 15.0 Å². The van der Waals surface area contributed by atoms with E-state index in [0.717, 1.165) is 21.0 Å². The van der Waals surface area contributed by atoms with Gasteiger partial charge in [0.25, 0.3) is 11.5 Å². The molecule has 0 atom stereocenters. The Labute approximate surface area is 203 Å². The molecule has 9 heteroatoms. The molecule has 0 spiro atoms. The molecule has 0 fully saturated rings. The van der Waals surface area contributed by atoms with Crippen LogP contribution in [0.4, 0.5) is 4.39 Å². The average molecular weight is 479 g/mol. The van der Waals surface area contributed by atoms with Gasteiger partial charge in [0.05, 0.1) is 17.1 Å². The van der Waals surface area contributed by atoms with Crippen LogP contribution in [0.2, 0.25) is 0 Å². The lowest BCUT2D eigenvalue weighted by Crippen LogP contribution is -2.35. The Hall–Kier alpha value is -5.05. The topological polar surface area (TPSA) is 90.5 Å². The smallest absolute Gasteiger partial charge is 0.280 e. The zero-order chi connectivity index (χ0) is 24.6. The largest absolute Gasteiger partial charge is 0.484 e. The van der Waals surface area contributed by atoms with Crippen LogP contribution in [-0.4, -0.2) is 31.8 Å². The van der Waals surface area contributed by atoms with E-state index in [4.69, 9.17) is 4.74 Å². The highest BCUT2D eigenvalue weighted by Gasteiger charge is 2.14. The fourth-order valence-electron chi connectivity index (χ4n) is 4.11. The molecule has 0 radical (unpaired) electrons. The molecule has 0 saturated carbocycles. The maximum atomic E-state index is 13.3. The molecule has 3 heterocycles. The number of aromatic nitrogens is 4. The molecule has 1 amide bonds. The number of amides is 1. The van der Waals surface area contributed by atoms with Crippen LogP contribution in [0.15, 0.2) is 96.2 Å². The summed E-state index contributed by atoms with van der Waals surface area (Å²) in [6.45, 7) is -0.264. The second kappa shape index (κ2) is 8.62. The molecular weight excluding hydrogens is 461 g/mol. The zero-order valence-corrected chi connectivity index (χ0v) is 18.8. The number of ether oxygens (including phenoxy) is 1. The number of rotatable bonds is 5. The van der Waals surface area contributed by atoms with Gasteiger partial charge < -0.3 is 4.74 Å². The second-order valence-electron chi connectivity index (χ2n) is 8.18. The second-order valence-corrected chi connectivity index (χ2v) is 8.18. The first kappa shape index (κ1) is 21.5. The Morgan fingerprint density at radius 2 is 1.78 bits per heavy atom. The Morgan fingerprint density at radius 1 is 0.972 bits per heavy atom. The van der Waals surface area contributed by atoms with Crippen molar-refractivity contribution >= 4 is 33.2 Å². The van der Waals surface area contributed by atoms with Crippen LogP contribution in [0.1, 0.15) is 0 Å². The number of hydrogen-bond acceptors (Lipinski definition) is 5. The van der Waals surface area contributed by atoms with Crippen molar-refractivity contribution in [3.8, 4) is 16.9 Å². The van der Waals surface area contributed by atoms with E-state index in [0.29, 0.717) is 22.5 Å². The summed E-state index contributed by atoms with van der Waals surface area (Å²) in [5.41, 5.74) is 4.60. The lowest BCUT2D eigenvalue weighted by atomic mass is 10.1. The van der Waals surface area contributed by atoms with Gasteiger partial charge in [0.2, 0.25) is 0 Å². The molecule has 0 aliphatic heterocycles. The van der Waals surface area contributed by atoms with E-state index in [1.54, 1.807) is 35.0 Å². The van der Waals surface area contributed by atoms with E-state index in [9.17, 15) is 14.0 Å². The minimum atomic E-state index is -0.490. The molecule has 0 saturated heterocycles. The Morgan fingerprint density at radius 3 is 2.61 bits per heavy atom. The third kappa shape index (κ3) is 3.82. The maximum Gasteiger partial charge on any atom is 0.280 e. The van der Waals surface area contributed by atoms with E-state index in [1.165, 1.54) is 24.5 Å². The first-order chi connectivity index (χ1) is 17.6. The van der Waals surface area contributed by atoms with Crippen molar-refractivity contribution in [2.45, 2.75) is 0 Å². The van der Waals surface area contributed by atoms with Crippen LogP contribution in [0.25, 0.3) is 38.4 Å². The molecule has 36 heavy (non-hydrogen) atoms. The van der Waals surface area contributed by atoms with Crippen LogP contribution in [0.3, 0.4) is 0 Å². The van der Waals surface area contributed by atoms with Crippen molar-refractivity contribution in [3.63, 3.8) is 0 Å². The summed E-state index contributed by atoms with van der Waals surface area (Å²) in [6, 6.07) is 21.1. The first-order valence-corrected chi connectivity index (χ1v) is 11.1. The van der Waals surface area contributed by atoms with Gasteiger partial charge in [-0.05, 0) is 46.7 Å². The molecule has 0 aliphatic rings. The third-order valence-corrected chi connectivity index (χ3v) is 5.89. The fourth-order valence-corrected chi connectivity index (χ4v) is 4.11. The lowest BCUT2D eigenvalue weighted by Gasteiger charge is -2.11. The molecule has 1 N–H and O–H groups in total. The number of pyridine rings is 1. The highest BCUT2D eigenvalue weighted by Crippen LogP contribution is 2.25. The number of fused-ring (bicyclic) bond motifs is 4. The van der Waals surface area contributed by atoms with Gasteiger partial charge in [0.1, 0.15) is 11.6 Å². The van der Waals surface area contributed by atoms with E-state index in [2.05, 4.69) is 15.5 Å². The molecule has 3 aromatic heterocycles. The van der Waals surface area contributed by atoms with Gasteiger partial charge in [-0.2, -0.15) is 5.10 Å². The van der Waals surface area contributed by atoms with Crippen LogP contribution in [0.5, 0.6) is 5.75 Å². The summed E-state index contributed by atoms with van der Waals surface area (Å²) in [5, 5.41) is 6.71. The minimum Gasteiger partial charge on any atom is -0.484 e. The highest BCUT2D eigenvalue weighted by atomic mass is 19.1. The van der Waals surface area contributed by atoms with Gasteiger partial charge in [-0.25, -0.2) is 18.6 Å². The number of carbonyl (C=O) groups excluding carboxylic acids is 1. The standard InChI is InChI=1S/C27H18FN5O3/c28-20-8-5-18(6-9-20)22-15-30-33-24-11-12-32(27(35)23(24)14-29-26(22)33)31-25(34)16-36-21-10-7-17-3-1-2-4-19(17)13-21/h1-15H,16H2,(H,31,34). The molecule has 3 aromatic carbocycles. The van der Waals surface area contributed by atoms with Crippen molar-refractivity contribution in [3.05, 3.63) is 108 Å². The predicted octanol–water partition coefficient (Wildman–Crippen LogP) is 4.15. The van der Waals surface area contributed by atoms with E-state index in [-0.39, 0.29) is 17.8 Å². The van der Waals surface area contributed by atoms with Gasteiger partial charge >= 0.3 is 0 Å². The molecule has 8 nitrogen and oxygen atoms in total. The SMILES string of the molecule is O=C(COc1ccc2ccccc2c1)Nn1ccc2c(cnc3c(-c4ccc(F)cc4)cnn32)c1=O. The zero-order valence-electron chi connectivity index (χ0n) is 18.8. The van der Waals surface area contributed by atoms with Gasteiger partial charge in [-0.15, -0.1) is 0 Å². The number of halogens is 1. The third-order valence-electron chi connectivity index (χ3n) is 5.89. The number of hydrogen-bond donors (Lipinski definition) is 1. The van der Waals surface area contributed by atoms with Crippen molar-refractivity contribution in [1.82, 2.24) is 19.3 Å². The molecular formula is C27H18FN5O3. The van der Waals surface area contributed by atoms with Crippen molar-refractivity contribution < 1.29 is 13.9 Å². The number of benzene rings is 3. The quantitative estimate of drug-likeness (QED) is 0.401. The summed E-state index contributed by atoms with van der Waals surface area (Å²) < 4.78 is 21.5. The molecule has 0 bridgehead atoms. The summed E-state index contributed by atoms with van der Waals surface area (Å²) >= 11 is 0. The van der Waals surface area contributed by atoms with Crippen LogP contribution in [0, 0.1) is 5.82 Å². The number of nitrogens with zero attached hydrogens (tertiary/aromatic N) is 4. The molecule has 6 rings (SSSR count). The number of nitrogens with one attached hydrogen (secondary N) is 1. The van der Waals surface area contributed by atoms with Gasteiger partial charge in [-0.1, -0.05) is 42.5 Å². The van der Waals surface area contributed by atoms with Crippen LogP contribution >= 0.6 is 0 Å². The summed E-state index contributed by atoms with van der Waals surface area (Å²) in [6.07, 6.45) is 4.51. The maximum absolute atomic E-state index is 13.3. The molecule has 6 aromatic rings. The van der Waals surface area contributed by atoms with E-state index in [1.807, 2.05) is 36.4 Å². The lowest BCUT2D eigenvalue weighted by molar-refractivity contribution is -0.119. The van der Waals surface area contributed by atoms with Gasteiger partial charge in [0, 0.05) is 18.0 Å². The van der Waals surface area contributed by atoms with Crippen molar-refractivity contribution in [2.24, 2.45) is 0 Å². The number of carbonyl (C=O) groups is 1. The Kier molecular flexibility index (Phi) is 5.15. The Bertz CT molecular complexity index is 1830. The van der Waals surface area contributed by atoms with Crippen molar-refractivity contribution in [1.29, 1.82) is 0 Å². The molecule has 0 aliphatic carbocycles. The monoisotopic (exact) mass is 479 g/mol. The van der Waals surface area contributed by atoms with Crippen molar-refractivity contribution in [2.75, 3.05) is 12.0 Å². The minimum absolute atomic E-state index is 0.264. The van der Waals surface area contributed by atoms with Crippen LogP contribution in [-0.2, 0) is 4.79 Å². The van der Waals surface area contributed by atoms with E-state index < -0.39 is 11.5 Å². The average Bonchev–Trinajstić information content (AvgIpc) is 3.34. The predicted molar refractivity (Wildman–Crippen MR) is 134 cm³/mol. The summed E-state index contributed by atoms with van der Waals surface area (Å²) in [4.78, 5) is 29.9. The molecule has 176 valence electrons. The highest BCUT2D eigenvalue weighted by molar-refractivity contribution is 5.88. The van der Waals surface area contributed by atoms with Crippen LogP contribution < -0.4 is 15.7 Å². The normalized spacial score (nSPS) is 11.2. The Balaban J connectivity index is 1.24. The van der Waals surface area contributed by atoms with Gasteiger partial charge in [0.15, 0.2) is 12.3 Å².